The highest BCUT2D eigenvalue weighted by Gasteiger charge is 2.46. The summed E-state index contributed by atoms with van der Waals surface area (Å²) in [5.74, 6) is 0.283. The summed E-state index contributed by atoms with van der Waals surface area (Å²) < 4.78 is 0. The fourth-order valence-corrected chi connectivity index (χ4v) is 4.16. The van der Waals surface area contributed by atoms with Crippen LogP contribution in [0.5, 0.6) is 0 Å². The third-order valence-corrected chi connectivity index (χ3v) is 5.44. The first-order chi connectivity index (χ1) is 9.63. The molecule has 0 bridgehead atoms. The molecule has 0 radical (unpaired) electrons. The molecule has 108 valence electrons. The molecule has 2 unspecified atom stereocenters. The van der Waals surface area contributed by atoms with E-state index >= 15 is 0 Å². The third-order valence-electron chi connectivity index (χ3n) is 4.43. The number of aryl methyl sites for hydroxylation is 1. The van der Waals surface area contributed by atoms with E-state index in [4.69, 9.17) is 0 Å². The van der Waals surface area contributed by atoms with Gasteiger partial charge in [-0.15, -0.1) is 11.3 Å². The maximum Gasteiger partial charge on any atom is 0.246 e. The number of thiophene rings is 1. The van der Waals surface area contributed by atoms with E-state index < -0.39 is 0 Å². The van der Waals surface area contributed by atoms with Gasteiger partial charge in [0.1, 0.15) is 12.1 Å². The minimum atomic E-state index is -0.279. The van der Waals surface area contributed by atoms with Crippen molar-refractivity contribution in [1.29, 1.82) is 0 Å². The standard InChI is InChI=1S/C15H20N2O2S/c1-3-11-14(18)16-7-4-5-12(16)15(19)17(11)9-13-10(2)6-8-20-13/h6,8,11-12H,3-5,7,9H2,1-2H3. The van der Waals surface area contributed by atoms with Gasteiger partial charge < -0.3 is 9.80 Å². The van der Waals surface area contributed by atoms with E-state index in [-0.39, 0.29) is 23.9 Å². The lowest BCUT2D eigenvalue weighted by Gasteiger charge is -2.42. The molecule has 0 N–H and O–H groups in total. The van der Waals surface area contributed by atoms with E-state index in [0.717, 1.165) is 19.4 Å². The number of rotatable bonds is 3. The van der Waals surface area contributed by atoms with E-state index in [1.54, 1.807) is 16.2 Å². The van der Waals surface area contributed by atoms with Gasteiger partial charge in [-0.3, -0.25) is 9.59 Å². The van der Waals surface area contributed by atoms with Gasteiger partial charge in [0.05, 0.1) is 6.54 Å². The van der Waals surface area contributed by atoms with Crippen LogP contribution in [-0.2, 0) is 16.1 Å². The van der Waals surface area contributed by atoms with Gasteiger partial charge in [-0.2, -0.15) is 0 Å². The van der Waals surface area contributed by atoms with Gasteiger partial charge in [-0.1, -0.05) is 6.92 Å². The largest absolute Gasteiger partial charge is 0.329 e. The van der Waals surface area contributed by atoms with E-state index in [1.807, 2.05) is 17.2 Å². The van der Waals surface area contributed by atoms with Crippen molar-refractivity contribution in [3.8, 4) is 0 Å². The van der Waals surface area contributed by atoms with Crippen LogP contribution < -0.4 is 0 Å². The van der Waals surface area contributed by atoms with Crippen molar-refractivity contribution < 1.29 is 9.59 Å². The second-order valence-corrected chi connectivity index (χ2v) is 6.61. The molecule has 1 aromatic rings. The topological polar surface area (TPSA) is 40.6 Å². The molecule has 0 spiro atoms. The highest BCUT2D eigenvalue weighted by molar-refractivity contribution is 7.10. The summed E-state index contributed by atoms with van der Waals surface area (Å²) in [6, 6.07) is 1.59. The van der Waals surface area contributed by atoms with E-state index in [1.165, 1.54) is 10.4 Å². The van der Waals surface area contributed by atoms with Gasteiger partial charge >= 0.3 is 0 Å². The minimum Gasteiger partial charge on any atom is -0.329 e. The van der Waals surface area contributed by atoms with Gasteiger partial charge in [-0.05, 0) is 43.2 Å². The zero-order valence-electron chi connectivity index (χ0n) is 12.0. The lowest BCUT2D eigenvalue weighted by molar-refractivity contribution is -0.160. The molecule has 2 atom stereocenters. The van der Waals surface area contributed by atoms with Crippen LogP contribution in [-0.4, -0.2) is 40.2 Å². The van der Waals surface area contributed by atoms with Gasteiger partial charge in [0.2, 0.25) is 11.8 Å². The smallest absolute Gasteiger partial charge is 0.246 e. The normalized spacial score (nSPS) is 26.3. The Hall–Kier alpha value is -1.36. The summed E-state index contributed by atoms with van der Waals surface area (Å²) in [5.41, 5.74) is 1.21. The van der Waals surface area contributed by atoms with Crippen molar-refractivity contribution in [2.24, 2.45) is 0 Å². The maximum atomic E-state index is 12.7. The predicted molar refractivity (Wildman–Crippen MR) is 78.4 cm³/mol. The van der Waals surface area contributed by atoms with Gasteiger partial charge in [0.25, 0.3) is 0 Å². The van der Waals surface area contributed by atoms with E-state index in [9.17, 15) is 9.59 Å². The summed E-state index contributed by atoms with van der Waals surface area (Å²) in [6.07, 6.45) is 2.46. The molecule has 2 aliphatic rings. The predicted octanol–water partition coefficient (Wildman–Crippen LogP) is 2.17. The minimum absolute atomic E-state index is 0.141. The number of amides is 2. The molecule has 4 nitrogen and oxygen atoms in total. The number of carbonyl (C=O) groups is 2. The Morgan fingerprint density at radius 2 is 2.15 bits per heavy atom. The number of hydrogen-bond donors (Lipinski definition) is 0. The summed E-state index contributed by atoms with van der Waals surface area (Å²) in [5, 5.41) is 2.05. The number of carbonyl (C=O) groups excluding carboxylic acids is 2. The van der Waals surface area contributed by atoms with Crippen LogP contribution in [0.4, 0.5) is 0 Å². The number of hydrogen-bond acceptors (Lipinski definition) is 3. The Labute approximate surface area is 123 Å². The quantitative estimate of drug-likeness (QED) is 0.856. The maximum absolute atomic E-state index is 12.7. The molecule has 2 amide bonds. The summed E-state index contributed by atoms with van der Waals surface area (Å²) in [7, 11) is 0. The van der Waals surface area contributed by atoms with Crippen LogP contribution in [0.2, 0.25) is 0 Å². The molecule has 3 rings (SSSR count). The molecular weight excluding hydrogens is 272 g/mol. The Kier molecular flexibility index (Phi) is 3.54. The Morgan fingerprint density at radius 3 is 2.80 bits per heavy atom. The average Bonchev–Trinajstić information content (AvgIpc) is 3.06. The van der Waals surface area contributed by atoms with Crippen molar-refractivity contribution in [3.05, 3.63) is 21.9 Å². The van der Waals surface area contributed by atoms with Crippen molar-refractivity contribution in [2.75, 3.05) is 6.54 Å². The fourth-order valence-electron chi connectivity index (χ4n) is 3.26. The van der Waals surface area contributed by atoms with Crippen molar-refractivity contribution >= 4 is 23.2 Å². The van der Waals surface area contributed by atoms with Crippen LogP contribution in [0.25, 0.3) is 0 Å². The zero-order chi connectivity index (χ0) is 14.3. The first-order valence-electron chi connectivity index (χ1n) is 7.27. The highest BCUT2D eigenvalue weighted by atomic mass is 32.1. The monoisotopic (exact) mass is 292 g/mol. The molecule has 0 saturated carbocycles. The Balaban J connectivity index is 1.89. The van der Waals surface area contributed by atoms with Gasteiger partial charge in [0.15, 0.2) is 0 Å². The van der Waals surface area contributed by atoms with Gasteiger partial charge in [-0.25, -0.2) is 0 Å². The summed E-state index contributed by atoms with van der Waals surface area (Å²) in [4.78, 5) is 30.0. The molecule has 2 saturated heterocycles. The van der Waals surface area contributed by atoms with Gasteiger partial charge in [0, 0.05) is 11.4 Å². The van der Waals surface area contributed by atoms with Crippen LogP contribution in [0, 0.1) is 6.92 Å². The molecular formula is C15H20N2O2S. The van der Waals surface area contributed by atoms with E-state index in [2.05, 4.69) is 13.0 Å². The average molecular weight is 292 g/mol. The second kappa shape index (κ2) is 5.20. The Morgan fingerprint density at radius 1 is 1.35 bits per heavy atom. The first-order valence-corrected chi connectivity index (χ1v) is 8.15. The third kappa shape index (κ3) is 2.04. The molecule has 0 aromatic carbocycles. The molecule has 2 aliphatic heterocycles. The lowest BCUT2D eigenvalue weighted by Crippen LogP contribution is -2.62. The molecule has 2 fully saturated rings. The van der Waals surface area contributed by atoms with Crippen molar-refractivity contribution in [3.63, 3.8) is 0 Å². The fraction of sp³-hybridized carbons (Fsp3) is 0.600. The summed E-state index contributed by atoms with van der Waals surface area (Å²) >= 11 is 1.67. The molecule has 5 heteroatoms. The Bertz CT molecular complexity index is 540. The van der Waals surface area contributed by atoms with Crippen LogP contribution in [0.1, 0.15) is 36.6 Å². The number of nitrogens with zero attached hydrogens (tertiary/aromatic N) is 2. The van der Waals surface area contributed by atoms with E-state index in [0.29, 0.717) is 13.0 Å². The molecule has 1 aromatic heterocycles. The molecule has 20 heavy (non-hydrogen) atoms. The highest BCUT2D eigenvalue weighted by Crippen LogP contribution is 2.30. The lowest BCUT2D eigenvalue weighted by atomic mass is 10.0. The second-order valence-electron chi connectivity index (χ2n) is 5.61. The summed E-state index contributed by atoms with van der Waals surface area (Å²) in [6.45, 7) is 5.37. The zero-order valence-corrected chi connectivity index (χ0v) is 12.8. The number of fused-ring (bicyclic) bond motifs is 1. The van der Waals surface area contributed by atoms with Crippen molar-refractivity contribution in [2.45, 2.75) is 51.7 Å². The first kappa shape index (κ1) is 13.6. The van der Waals surface area contributed by atoms with Crippen LogP contribution >= 0.6 is 11.3 Å². The number of piperazine rings is 1. The van der Waals surface area contributed by atoms with Crippen LogP contribution in [0.15, 0.2) is 11.4 Å². The SMILES string of the molecule is CCC1C(=O)N2CCCC2C(=O)N1Cc1sccc1C. The van der Waals surface area contributed by atoms with Crippen LogP contribution in [0.3, 0.4) is 0 Å². The molecule has 0 aliphatic carbocycles. The molecule has 3 heterocycles. The van der Waals surface area contributed by atoms with Crippen molar-refractivity contribution in [1.82, 2.24) is 9.80 Å².